The number of benzene rings is 2. The van der Waals surface area contributed by atoms with E-state index in [0.29, 0.717) is 5.69 Å². The molecular formula is C24H20N4O5. The topological polar surface area (TPSA) is 123 Å². The van der Waals surface area contributed by atoms with Crippen molar-refractivity contribution in [2.45, 2.75) is 12.5 Å². The van der Waals surface area contributed by atoms with Crippen LogP contribution < -0.4 is 10.6 Å². The van der Waals surface area contributed by atoms with Gasteiger partial charge in [-0.2, -0.15) is 5.10 Å². The van der Waals surface area contributed by atoms with E-state index >= 15 is 0 Å². The molecule has 1 aromatic heterocycles. The number of nitrogens with zero attached hydrogens (tertiary/aromatic N) is 2. The molecule has 0 fully saturated rings. The second-order valence-electron chi connectivity index (χ2n) is 7.26. The maximum absolute atomic E-state index is 12.1. The molecule has 2 amide bonds. The molecule has 0 saturated carbocycles. The van der Waals surface area contributed by atoms with Crippen LogP contribution in [0, 0.1) is 11.8 Å². The number of ether oxygens (including phenoxy) is 1. The highest BCUT2D eigenvalue weighted by atomic mass is 16.5. The summed E-state index contributed by atoms with van der Waals surface area (Å²) in [6.45, 7) is -0.192. The largest absolute Gasteiger partial charge is 0.480 e. The van der Waals surface area contributed by atoms with Crippen LogP contribution in [-0.4, -0.2) is 46.0 Å². The molecule has 0 atom stereocenters. The Bertz CT molecular complexity index is 1230. The highest BCUT2D eigenvalue weighted by Crippen LogP contribution is 2.44. The average molecular weight is 444 g/mol. The van der Waals surface area contributed by atoms with Gasteiger partial charge >= 0.3 is 12.1 Å². The van der Waals surface area contributed by atoms with Crippen LogP contribution in [-0.2, 0) is 20.9 Å². The summed E-state index contributed by atoms with van der Waals surface area (Å²) in [7, 11) is 0. The molecule has 0 spiro atoms. The van der Waals surface area contributed by atoms with E-state index in [1.807, 2.05) is 36.4 Å². The van der Waals surface area contributed by atoms with E-state index in [0.717, 1.165) is 22.3 Å². The highest BCUT2D eigenvalue weighted by molar-refractivity contribution is 6.03. The minimum atomic E-state index is -1.05. The highest BCUT2D eigenvalue weighted by Gasteiger charge is 2.28. The normalized spacial score (nSPS) is 11.5. The molecule has 1 heterocycles. The smallest absolute Gasteiger partial charge is 0.407 e. The third-order valence-electron chi connectivity index (χ3n) is 5.06. The lowest BCUT2D eigenvalue weighted by Crippen LogP contribution is -2.26. The van der Waals surface area contributed by atoms with Gasteiger partial charge in [-0.1, -0.05) is 54.5 Å². The van der Waals surface area contributed by atoms with Crippen LogP contribution >= 0.6 is 0 Å². The molecule has 0 unspecified atom stereocenters. The zero-order chi connectivity index (χ0) is 23.2. The quantitative estimate of drug-likeness (QED) is 0.502. The zero-order valence-corrected chi connectivity index (χ0v) is 17.4. The van der Waals surface area contributed by atoms with Gasteiger partial charge in [0.1, 0.15) is 13.2 Å². The molecule has 2 aromatic carbocycles. The predicted molar refractivity (Wildman–Crippen MR) is 119 cm³/mol. The number of hydrogen-bond acceptors (Lipinski definition) is 5. The molecule has 3 aromatic rings. The average Bonchev–Trinajstić information content (AvgIpc) is 3.36. The summed E-state index contributed by atoms with van der Waals surface area (Å²) in [6.07, 6.45) is 2.07. The number of alkyl carbamates (subject to hydrolysis) is 1. The zero-order valence-electron chi connectivity index (χ0n) is 17.4. The summed E-state index contributed by atoms with van der Waals surface area (Å²) >= 11 is 0. The van der Waals surface area contributed by atoms with Crippen molar-refractivity contribution in [1.29, 1.82) is 0 Å². The molecule has 0 aliphatic heterocycles. The molecule has 0 radical (unpaired) electrons. The molecule has 33 heavy (non-hydrogen) atoms. The summed E-state index contributed by atoms with van der Waals surface area (Å²) in [6, 6.07) is 16.1. The SMILES string of the molecule is O=C(O)Cn1cc(NC(=O)C#CCNC(=O)OCC2c3ccccc3-c3ccccc32)cn1. The number of hydrogen-bond donors (Lipinski definition) is 3. The van der Waals surface area contributed by atoms with E-state index in [1.165, 1.54) is 17.1 Å². The van der Waals surface area contributed by atoms with Crippen molar-refractivity contribution in [3.63, 3.8) is 0 Å². The fourth-order valence-electron chi connectivity index (χ4n) is 3.71. The Balaban J connectivity index is 1.25. The minimum absolute atomic E-state index is 0.0398. The molecule has 0 bridgehead atoms. The van der Waals surface area contributed by atoms with E-state index in [2.05, 4.69) is 39.7 Å². The Morgan fingerprint density at radius 1 is 1.06 bits per heavy atom. The number of fused-ring (bicyclic) bond motifs is 3. The Kier molecular flexibility index (Phi) is 6.36. The standard InChI is InChI=1S/C24H20N4O5/c29-22(27-16-12-26-28(13-16)14-23(30)31)10-5-11-25-24(32)33-15-21-19-8-3-1-6-17(19)18-7-2-4-9-20(18)21/h1-4,6-9,12-13,21H,11,14-15H2,(H,25,32)(H,27,29)(H,30,31). The Labute approximate surface area is 189 Å². The number of rotatable bonds is 6. The Morgan fingerprint density at radius 3 is 2.39 bits per heavy atom. The van der Waals surface area contributed by atoms with Crippen LogP contribution in [0.15, 0.2) is 60.9 Å². The summed E-state index contributed by atoms with van der Waals surface area (Å²) < 4.78 is 6.57. The van der Waals surface area contributed by atoms with Gasteiger partial charge in [-0.3, -0.25) is 14.3 Å². The number of carbonyl (C=O) groups excluding carboxylic acids is 2. The first-order valence-corrected chi connectivity index (χ1v) is 10.1. The van der Waals surface area contributed by atoms with Crippen molar-refractivity contribution in [2.75, 3.05) is 18.5 Å². The summed E-state index contributed by atoms with van der Waals surface area (Å²) in [4.78, 5) is 34.6. The van der Waals surface area contributed by atoms with Crippen molar-refractivity contribution in [1.82, 2.24) is 15.1 Å². The van der Waals surface area contributed by atoms with Crippen LogP contribution in [0.4, 0.5) is 10.5 Å². The van der Waals surface area contributed by atoms with Gasteiger partial charge in [-0.25, -0.2) is 4.79 Å². The number of carboxylic acid groups (broad SMARTS) is 1. The third-order valence-corrected chi connectivity index (χ3v) is 5.06. The maximum atomic E-state index is 12.1. The second-order valence-corrected chi connectivity index (χ2v) is 7.26. The van der Waals surface area contributed by atoms with Gasteiger partial charge in [-0.05, 0) is 28.2 Å². The van der Waals surface area contributed by atoms with Gasteiger partial charge in [0.2, 0.25) is 0 Å². The Hall–Kier alpha value is -4.58. The first kappa shape index (κ1) is 21.6. The van der Waals surface area contributed by atoms with Gasteiger partial charge < -0.3 is 20.5 Å². The lowest BCUT2D eigenvalue weighted by molar-refractivity contribution is -0.137. The number of nitrogens with one attached hydrogen (secondary N) is 2. The van der Waals surface area contributed by atoms with E-state index < -0.39 is 18.0 Å². The van der Waals surface area contributed by atoms with Gasteiger partial charge in [0.15, 0.2) is 0 Å². The van der Waals surface area contributed by atoms with Gasteiger partial charge in [0, 0.05) is 12.1 Å². The van der Waals surface area contributed by atoms with Crippen LogP contribution in [0.3, 0.4) is 0 Å². The Morgan fingerprint density at radius 2 is 1.73 bits per heavy atom. The second kappa shape index (κ2) is 9.70. The lowest BCUT2D eigenvalue weighted by atomic mass is 9.98. The summed E-state index contributed by atoms with van der Waals surface area (Å²) in [5, 5.41) is 17.5. The summed E-state index contributed by atoms with van der Waals surface area (Å²) in [5.41, 5.74) is 4.85. The molecular weight excluding hydrogens is 424 g/mol. The number of carboxylic acids is 1. The van der Waals surface area contributed by atoms with Crippen LogP contribution in [0.1, 0.15) is 17.0 Å². The fourth-order valence-corrected chi connectivity index (χ4v) is 3.71. The third kappa shape index (κ3) is 5.19. The number of anilines is 1. The lowest BCUT2D eigenvalue weighted by Gasteiger charge is -2.14. The van der Waals surface area contributed by atoms with E-state index in [9.17, 15) is 14.4 Å². The van der Waals surface area contributed by atoms with Gasteiger partial charge in [0.05, 0.1) is 18.4 Å². The van der Waals surface area contributed by atoms with Crippen LogP contribution in [0.5, 0.6) is 0 Å². The van der Waals surface area contributed by atoms with E-state index in [-0.39, 0.29) is 25.6 Å². The number of aliphatic carboxylic acids is 1. The number of amides is 2. The molecule has 1 aliphatic carbocycles. The minimum Gasteiger partial charge on any atom is -0.480 e. The van der Waals surface area contributed by atoms with Crippen LogP contribution in [0.2, 0.25) is 0 Å². The summed E-state index contributed by atoms with van der Waals surface area (Å²) in [5.74, 6) is 3.18. The van der Waals surface area contributed by atoms with E-state index in [4.69, 9.17) is 9.84 Å². The van der Waals surface area contributed by atoms with Crippen molar-refractivity contribution < 1.29 is 24.2 Å². The number of aromatic nitrogens is 2. The monoisotopic (exact) mass is 444 g/mol. The van der Waals surface area contributed by atoms with Crippen LogP contribution in [0.25, 0.3) is 11.1 Å². The molecule has 9 nitrogen and oxygen atoms in total. The van der Waals surface area contributed by atoms with Crippen molar-refractivity contribution in [3.05, 3.63) is 72.1 Å². The molecule has 4 rings (SSSR count). The molecule has 0 saturated heterocycles. The van der Waals surface area contributed by atoms with E-state index in [1.54, 1.807) is 0 Å². The molecule has 166 valence electrons. The molecule has 3 N–H and O–H groups in total. The first-order chi connectivity index (χ1) is 16.0. The molecule has 9 heteroatoms. The fraction of sp³-hybridized carbons (Fsp3) is 0.167. The van der Waals surface area contributed by atoms with Crippen molar-refractivity contribution in [2.24, 2.45) is 0 Å². The van der Waals surface area contributed by atoms with Crippen molar-refractivity contribution in [3.8, 4) is 23.0 Å². The predicted octanol–water partition coefficient (Wildman–Crippen LogP) is 2.45. The number of carbonyl (C=O) groups is 3. The van der Waals surface area contributed by atoms with Gasteiger partial charge in [0.25, 0.3) is 5.91 Å². The van der Waals surface area contributed by atoms with Crippen molar-refractivity contribution >= 4 is 23.7 Å². The maximum Gasteiger partial charge on any atom is 0.407 e. The first-order valence-electron chi connectivity index (χ1n) is 10.1. The van der Waals surface area contributed by atoms with Gasteiger partial charge in [-0.15, -0.1) is 0 Å². The molecule has 1 aliphatic rings.